The standard InChI is InChI=1S/C10H9NO2/c12-7-3-4-9-8(5-7)10(13-11-9)6-1-2-6/h3-6,12H,1-2H2. The van der Waals surface area contributed by atoms with Crippen LogP contribution in [-0.4, -0.2) is 10.3 Å². The number of rotatable bonds is 1. The molecule has 1 heterocycles. The molecular formula is C10H9NO2. The van der Waals surface area contributed by atoms with Crippen LogP contribution in [-0.2, 0) is 0 Å². The highest BCUT2D eigenvalue weighted by atomic mass is 16.5. The molecule has 1 aromatic heterocycles. The molecule has 3 rings (SSSR count). The third kappa shape index (κ3) is 1.00. The van der Waals surface area contributed by atoms with Crippen LogP contribution in [0.25, 0.3) is 10.9 Å². The first-order valence-electron chi connectivity index (χ1n) is 4.43. The van der Waals surface area contributed by atoms with E-state index in [4.69, 9.17) is 4.52 Å². The molecule has 0 aliphatic heterocycles. The minimum atomic E-state index is 0.276. The lowest BCUT2D eigenvalue weighted by atomic mass is 10.1. The molecule has 3 nitrogen and oxygen atoms in total. The summed E-state index contributed by atoms with van der Waals surface area (Å²) in [7, 11) is 0. The van der Waals surface area contributed by atoms with Gasteiger partial charge >= 0.3 is 0 Å². The predicted octanol–water partition coefficient (Wildman–Crippen LogP) is 2.41. The maximum absolute atomic E-state index is 9.31. The third-order valence-electron chi connectivity index (χ3n) is 2.44. The van der Waals surface area contributed by atoms with Crippen LogP contribution in [0.1, 0.15) is 24.5 Å². The lowest BCUT2D eigenvalue weighted by Gasteiger charge is -1.91. The van der Waals surface area contributed by atoms with E-state index in [1.165, 1.54) is 12.8 Å². The van der Waals surface area contributed by atoms with Gasteiger partial charge in [-0.25, -0.2) is 0 Å². The van der Waals surface area contributed by atoms with Gasteiger partial charge in [-0.1, -0.05) is 5.16 Å². The third-order valence-corrected chi connectivity index (χ3v) is 2.44. The van der Waals surface area contributed by atoms with Crippen molar-refractivity contribution in [2.24, 2.45) is 0 Å². The predicted molar refractivity (Wildman–Crippen MR) is 47.6 cm³/mol. The van der Waals surface area contributed by atoms with E-state index in [9.17, 15) is 5.11 Å². The monoisotopic (exact) mass is 175 g/mol. The first-order chi connectivity index (χ1) is 6.34. The van der Waals surface area contributed by atoms with Crippen LogP contribution >= 0.6 is 0 Å². The molecule has 3 heteroatoms. The molecule has 1 aliphatic rings. The van der Waals surface area contributed by atoms with E-state index < -0.39 is 0 Å². The highest BCUT2D eigenvalue weighted by molar-refractivity contribution is 5.82. The van der Waals surface area contributed by atoms with Crippen molar-refractivity contribution in [1.82, 2.24) is 5.16 Å². The maximum Gasteiger partial charge on any atom is 0.147 e. The SMILES string of the molecule is Oc1ccc2noc(C3CC3)c2c1. The zero-order valence-electron chi connectivity index (χ0n) is 7.03. The van der Waals surface area contributed by atoms with Gasteiger partial charge in [0.15, 0.2) is 0 Å². The Hall–Kier alpha value is -1.51. The molecule has 0 radical (unpaired) electrons. The maximum atomic E-state index is 9.31. The quantitative estimate of drug-likeness (QED) is 0.723. The molecule has 13 heavy (non-hydrogen) atoms. The van der Waals surface area contributed by atoms with E-state index >= 15 is 0 Å². The summed E-state index contributed by atoms with van der Waals surface area (Å²) in [4.78, 5) is 0. The number of aromatic nitrogens is 1. The van der Waals surface area contributed by atoms with Gasteiger partial charge in [-0.3, -0.25) is 0 Å². The molecule has 0 saturated heterocycles. The second-order valence-corrected chi connectivity index (χ2v) is 3.52. The zero-order chi connectivity index (χ0) is 8.84. The summed E-state index contributed by atoms with van der Waals surface area (Å²) in [5.74, 6) is 1.75. The average Bonchev–Trinajstić information content (AvgIpc) is 2.87. The molecule has 0 atom stereocenters. The fourth-order valence-corrected chi connectivity index (χ4v) is 1.59. The number of fused-ring (bicyclic) bond motifs is 1. The normalized spacial score (nSPS) is 16.6. The topological polar surface area (TPSA) is 46.3 Å². The van der Waals surface area contributed by atoms with Gasteiger partial charge in [0.2, 0.25) is 0 Å². The van der Waals surface area contributed by atoms with Crippen LogP contribution < -0.4 is 0 Å². The highest BCUT2D eigenvalue weighted by Gasteiger charge is 2.29. The molecule has 66 valence electrons. The summed E-state index contributed by atoms with van der Waals surface area (Å²) in [6, 6.07) is 5.13. The first kappa shape index (κ1) is 6.95. The van der Waals surface area contributed by atoms with Crippen LogP contribution in [0.3, 0.4) is 0 Å². The van der Waals surface area contributed by atoms with Crippen molar-refractivity contribution in [2.45, 2.75) is 18.8 Å². The number of hydrogen-bond donors (Lipinski definition) is 1. The Bertz CT molecular complexity index is 457. The van der Waals surface area contributed by atoms with E-state index in [1.54, 1.807) is 18.2 Å². The summed E-state index contributed by atoms with van der Waals surface area (Å²) < 4.78 is 5.23. The fraction of sp³-hybridized carbons (Fsp3) is 0.300. The fourth-order valence-electron chi connectivity index (χ4n) is 1.59. The molecule has 0 spiro atoms. The summed E-state index contributed by atoms with van der Waals surface area (Å²) in [5, 5.41) is 14.2. The van der Waals surface area contributed by atoms with E-state index in [1.807, 2.05) is 0 Å². The Balaban J connectivity index is 2.29. The smallest absolute Gasteiger partial charge is 0.147 e. The molecule has 1 N–H and O–H groups in total. The van der Waals surface area contributed by atoms with Crippen LogP contribution in [0.4, 0.5) is 0 Å². The van der Waals surface area contributed by atoms with Gasteiger partial charge in [0.1, 0.15) is 17.0 Å². The molecule has 1 fully saturated rings. The summed E-state index contributed by atoms with van der Waals surface area (Å²) >= 11 is 0. The summed E-state index contributed by atoms with van der Waals surface area (Å²) in [6.07, 6.45) is 2.36. The lowest BCUT2D eigenvalue weighted by Crippen LogP contribution is -1.74. The largest absolute Gasteiger partial charge is 0.508 e. The summed E-state index contributed by atoms with van der Waals surface area (Å²) in [6.45, 7) is 0. The Morgan fingerprint density at radius 2 is 2.23 bits per heavy atom. The summed E-state index contributed by atoms with van der Waals surface area (Å²) in [5.41, 5.74) is 0.833. The molecule has 0 bridgehead atoms. The number of phenolic OH excluding ortho intramolecular Hbond substituents is 1. The van der Waals surface area contributed by atoms with Crippen LogP contribution in [0, 0.1) is 0 Å². The Morgan fingerprint density at radius 1 is 1.38 bits per heavy atom. The van der Waals surface area contributed by atoms with Crippen molar-refractivity contribution in [3.63, 3.8) is 0 Å². The lowest BCUT2D eigenvalue weighted by molar-refractivity contribution is 0.392. The molecule has 1 aliphatic carbocycles. The van der Waals surface area contributed by atoms with Crippen LogP contribution in [0.2, 0.25) is 0 Å². The molecular weight excluding hydrogens is 166 g/mol. The highest BCUT2D eigenvalue weighted by Crippen LogP contribution is 2.43. The zero-order valence-corrected chi connectivity index (χ0v) is 7.03. The second kappa shape index (κ2) is 2.25. The van der Waals surface area contributed by atoms with Gasteiger partial charge in [0.25, 0.3) is 0 Å². The van der Waals surface area contributed by atoms with Crippen molar-refractivity contribution >= 4 is 10.9 Å². The number of phenols is 1. The molecule has 1 saturated carbocycles. The Labute approximate surface area is 75.0 Å². The average molecular weight is 175 g/mol. The molecule has 0 amide bonds. The van der Waals surface area contributed by atoms with E-state index in [0.29, 0.717) is 5.92 Å². The van der Waals surface area contributed by atoms with E-state index in [-0.39, 0.29) is 5.75 Å². The van der Waals surface area contributed by atoms with Gasteiger partial charge in [-0.2, -0.15) is 0 Å². The van der Waals surface area contributed by atoms with Crippen molar-refractivity contribution in [3.8, 4) is 5.75 Å². The van der Waals surface area contributed by atoms with E-state index in [0.717, 1.165) is 16.7 Å². The second-order valence-electron chi connectivity index (χ2n) is 3.52. The number of aromatic hydroxyl groups is 1. The van der Waals surface area contributed by atoms with Crippen molar-refractivity contribution in [2.75, 3.05) is 0 Å². The Morgan fingerprint density at radius 3 is 3.00 bits per heavy atom. The van der Waals surface area contributed by atoms with Gasteiger partial charge in [-0.05, 0) is 31.0 Å². The number of hydrogen-bond acceptors (Lipinski definition) is 3. The first-order valence-corrected chi connectivity index (χ1v) is 4.43. The van der Waals surface area contributed by atoms with Crippen molar-refractivity contribution < 1.29 is 9.63 Å². The van der Waals surface area contributed by atoms with E-state index in [2.05, 4.69) is 5.16 Å². The minimum Gasteiger partial charge on any atom is -0.508 e. The number of benzene rings is 1. The van der Waals surface area contributed by atoms with Gasteiger partial charge < -0.3 is 9.63 Å². The number of nitrogens with zero attached hydrogens (tertiary/aromatic N) is 1. The minimum absolute atomic E-state index is 0.276. The molecule has 2 aromatic rings. The Kier molecular flexibility index (Phi) is 1.20. The van der Waals surface area contributed by atoms with Crippen molar-refractivity contribution in [3.05, 3.63) is 24.0 Å². The van der Waals surface area contributed by atoms with Gasteiger partial charge in [0, 0.05) is 11.3 Å². The van der Waals surface area contributed by atoms with Gasteiger partial charge in [-0.15, -0.1) is 0 Å². The van der Waals surface area contributed by atoms with Crippen LogP contribution in [0.15, 0.2) is 22.7 Å². The molecule has 1 aromatic carbocycles. The van der Waals surface area contributed by atoms with Crippen molar-refractivity contribution in [1.29, 1.82) is 0 Å². The molecule has 0 unspecified atom stereocenters. The van der Waals surface area contributed by atoms with Crippen LogP contribution in [0.5, 0.6) is 5.75 Å². The van der Waals surface area contributed by atoms with Gasteiger partial charge in [0.05, 0.1) is 0 Å².